The van der Waals surface area contributed by atoms with Crippen molar-refractivity contribution in [2.75, 3.05) is 11.9 Å². The maximum absolute atomic E-state index is 12.7. The number of anilines is 1. The van der Waals surface area contributed by atoms with Crippen molar-refractivity contribution in [3.63, 3.8) is 0 Å². The number of para-hydroxylation sites is 1. The molecule has 8 heteroatoms. The van der Waals surface area contributed by atoms with Gasteiger partial charge in [0.1, 0.15) is 11.8 Å². The molecule has 3 aromatic heterocycles. The molecular formula is C22H18N6O2. The van der Waals surface area contributed by atoms with E-state index in [4.69, 9.17) is 5.11 Å². The molecule has 0 spiro atoms. The number of nitrogens with zero attached hydrogens (tertiary/aromatic N) is 5. The topological polar surface area (TPSA) is 97.9 Å². The van der Waals surface area contributed by atoms with E-state index in [-0.39, 0.29) is 12.5 Å². The summed E-state index contributed by atoms with van der Waals surface area (Å²) in [7, 11) is 0. The Balaban J connectivity index is 1.40. The molecule has 0 saturated heterocycles. The molecule has 0 saturated carbocycles. The van der Waals surface area contributed by atoms with E-state index in [0.717, 1.165) is 16.7 Å². The Kier molecular flexibility index (Phi) is 4.45. The Morgan fingerprint density at radius 2 is 1.80 bits per heavy atom. The smallest absolute Gasteiger partial charge is 0.257 e. The van der Waals surface area contributed by atoms with Crippen molar-refractivity contribution >= 4 is 33.8 Å². The fourth-order valence-electron chi connectivity index (χ4n) is 3.43. The number of fused-ring (bicyclic) bond motifs is 2. The molecule has 0 unspecified atom stereocenters. The second-order valence-electron chi connectivity index (χ2n) is 6.84. The van der Waals surface area contributed by atoms with Crippen molar-refractivity contribution in [2.45, 2.75) is 6.54 Å². The zero-order valence-electron chi connectivity index (χ0n) is 15.9. The van der Waals surface area contributed by atoms with Crippen LogP contribution in [-0.4, -0.2) is 41.7 Å². The van der Waals surface area contributed by atoms with Crippen LogP contribution in [-0.2, 0) is 6.54 Å². The van der Waals surface area contributed by atoms with Crippen LogP contribution in [0, 0.1) is 0 Å². The van der Waals surface area contributed by atoms with E-state index in [9.17, 15) is 4.79 Å². The summed E-state index contributed by atoms with van der Waals surface area (Å²) in [6, 6.07) is 17.0. The number of aliphatic hydroxyl groups excluding tert-OH is 1. The van der Waals surface area contributed by atoms with Crippen molar-refractivity contribution in [1.82, 2.24) is 24.1 Å². The highest BCUT2D eigenvalue weighted by atomic mass is 16.3. The minimum absolute atomic E-state index is 0.0411. The van der Waals surface area contributed by atoms with Crippen LogP contribution >= 0.6 is 0 Å². The highest BCUT2D eigenvalue weighted by Crippen LogP contribution is 2.20. The molecule has 0 bridgehead atoms. The summed E-state index contributed by atoms with van der Waals surface area (Å²) >= 11 is 0. The van der Waals surface area contributed by atoms with Crippen molar-refractivity contribution in [3.05, 3.63) is 79.0 Å². The molecule has 2 aromatic carbocycles. The second kappa shape index (κ2) is 7.41. The SMILES string of the molecule is O=C(Nc1ccc2c(c1)ncn2CCO)c1cnc2c(c1)ncn2-c1ccccc1. The number of carbonyl (C=O) groups is 1. The fraction of sp³-hybridized carbons (Fsp3) is 0.0909. The minimum Gasteiger partial charge on any atom is -0.395 e. The Morgan fingerprint density at radius 1 is 0.967 bits per heavy atom. The van der Waals surface area contributed by atoms with Crippen LogP contribution in [0.3, 0.4) is 0 Å². The number of hydrogen-bond acceptors (Lipinski definition) is 5. The third kappa shape index (κ3) is 3.19. The van der Waals surface area contributed by atoms with Gasteiger partial charge < -0.3 is 15.0 Å². The standard InChI is InChI=1S/C22H18N6O2/c29-9-8-27-13-24-18-11-16(6-7-20(18)27)26-22(30)15-10-19-21(23-12-15)28(14-25-19)17-4-2-1-3-5-17/h1-7,10-14,29H,8-9H2,(H,26,30). The van der Waals surface area contributed by atoms with Crippen LogP contribution in [0.4, 0.5) is 5.69 Å². The largest absolute Gasteiger partial charge is 0.395 e. The van der Waals surface area contributed by atoms with E-state index in [2.05, 4.69) is 20.3 Å². The molecule has 0 aliphatic heterocycles. The monoisotopic (exact) mass is 398 g/mol. The number of amides is 1. The van der Waals surface area contributed by atoms with Gasteiger partial charge in [-0.15, -0.1) is 0 Å². The first-order valence-electron chi connectivity index (χ1n) is 9.48. The van der Waals surface area contributed by atoms with Crippen LogP contribution in [0.1, 0.15) is 10.4 Å². The molecule has 148 valence electrons. The van der Waals surface area contributed by atoms with E-state index in [0.29, 0.717) is 29.0 Å². The lowest BCUT2D eigenvalue weighted by Gasteiger charge is -2.07. The highest BCUT2D eigenvalue weighted by molar-refractivity contribution is 6.06. The van der Waals surface area contributed by atoms with Gasteiger partial charge in [-0.2, -0.15) is 0 Å². The Hall–Kier alpha value is -4.04. The number of aromatic nitrogens is 5. The summed E-state index contributed by atoms with van der Waals surface area (Å²) in [5.74, 6) is -0.271. The number of carbonyl (C=O) groups excluding carboxylic acids is 1. The van der Waals surface area contributed by atoms with E-state index in [1.165, 1.54) is 0 Å². The number of rotatable bonds is 5. The summed E-state index contributed by atoms with van der Waals surface area (Å²) in [5.41, 5.74) is 4.99. The van der Waals surface area contributed by atoms with Crippen molar-refractivity contribution in [2.24, 2.45) is 0 Å². The van der Waals surface area contributed by atoms with Crippen LogP contribution in [0.25, 0.3) is 27.9 Å². The lowest BCUT2D eigenvalue weighted by atomic mass is 10.2. The van der Waals surface area contributed by atoms with Crippen LogP contribution in [0.15, 0.2) is 73.4 Å². The maximum Gasteiger partial charge on any atom is 0.257 e. The van der Waals surface area contributed by atoms with Crippen LogP contribution in [0.5, 0.6) is 0 Å². The van der Waals surface area contributed by atoms with Gasteiger partial charge >= 0.3 is 0 Å². The molecule has 0 fully saturated rings. The van der Waals surface area contributed by atoms with Crippen LogP contribution < -0.4 is 5.32 Å². The first-order chi connectivity index (χ1) is 14.7. The third-order valence-electron chi connectivity index (χ3n) is 4.90. The number of nitrogens with one attached hydrogen (secondary N) is 1. The van der Waals surface area contributed by atoms with Crippen molar-refractivity contribution in [3.8, 4) is 5.69 Å². The predicted octanol–water partition coefficient (Wildman–Crippen LogP) is 3.01. The normalized spacial score (nSPS) is 11.2. The molecule has 5 rings (SSSR count). The number of imidazole rings is 2. The Bertz CT molecular complexity index is 1360. The van der Waals surface area contributed by atoms with Gasteiger partial charge in [0.15, 0.2) is 5.65 Å². The van der Waals surface area contributed by atoms with Crippen LogP contribution in [0.2, 0.25) is 0 Å². The van der Waals surface area contributed by atoms with Crippen molar-refractivity contribution < 1.29 is 9.90 Å². The molecule has 0 aliphatic rings. The number of benzene rings is 2. The Labute approximate surface area is 171 Å². The maximum atomic E-state index is 12.7. The van der Waals surface area contributed by atoms with Gasteiger partial charge in [0, 0.05) is 24.1 Å². The molecular weight excluding hydrogens is 380 g/mol. The number of pyridine rings is 1. The molecule has 0 radical (unpaired) electrons. The molecule has 3 heterocycles. The zero-order chi connectivity index (χ0) is 20.5. The van der Waals surface area contributed by atoms with Gasteiger partial charge in [-0.05, 0) is 36.4 Å². The highest BCUT2D eigenvalue weighted by Gasteiger charge is 2.12. The molecule has 0 atom stereocenters. The minimum atomic E-state index is -0.271. The van der Waals surface area contributed by atoms with E-state index >= 15 is 0 Å². The lowest BCUT2D eigenvalue weighted by Crippen LogP contribution is -2.12. The second-order valence-corrected chi connectivity index (χ2v) is 6.84. The number of hydrogen-bond donors (Lipinski definition) is 2. The summed E-state index contributed by atoms with van der Waals surface area (Å²) in [6.07, 6.45) is 4.92. The molecule has 1 amide bonds. The van der Waals surface area contributed by atoms with Gasteiger partial charge in [-0.25, -0.2) is 15.0 Å². The molecule has 30 heavy (non-hydrogen) atoms. The van der Waals surface area contributed by atoms with Gasteiger partial charge in [-0.1, -0.05) is 18.2 Å². The lowest BCUT2D eigenvalue weighted by molar-refractivity contribution is 0.102. The third-order valence-corrected chi connectivity index (χ3v) is 4.90. The van der Waals surface area contributed by atoms with Gasteiger partial charge in [0.25, 0.3) is 5.91 Å². The Morgan fingerprint density at radius 3 is 2.63 bits per heavy atom. The summed E-state index contributed by atoms with van der Waals surface area (Å²) in [5, 5.41) is 12.0. The van der Waals surface area contributed by atoms with E-state index in [1.54, 1.807) is 31.0 Å². The van der Waals surface area contributed by atoms with E-state index in [1.807, 2.05) is 51.6 Å². The molecule has 8 nitrogen and oxygen atoms in total. The van der Waals surface area contributed by atoms with E-state index < -0.39 is 0 Å². The van der Waals surface area contributed by atoms with Gasteiger partial charge in [0.2, 0.25) is 0 Å². The van der Waals surface area contributed by atoms with Gasteiger partial charge in [0.05, 0.1) is 29.5 Å². The first kappa shape index (κ1) is 18.0. The average Bonchev–Trinajstić information content (AvgIpc) is 3.38. The average molecular weight is 398 g/mol. The fourth-order valence-corrected chi connectivity index (χ4v) is 3.43. The predicted molar refractivity (Wildman–Crippen MR) is 114 cm³/mol. The molecule has 5 aromatic rings. The molecule has 0 aliphatic carbocycles. The summed E-state index contributed by atoms with van der Waals surface area (Å²) in [4.78, 5) is 25.9. The summed E-state index contributed by atoms with van der Waals surface area (Å²) < 4.78 is 3.75. The number of aliphatic hydroxyl groups is 1. The molecule has 2 N–H and O–H groups in total. The summed E-state index contributed by atoms with van der Waals surface area (Å²) in [6.45, 7) is 0.517. The van der Waals surface area contributed by atoms with Crippen molar-refractivity contribution in [1.29, 1.82) is 0 Å². The zero-order valence-corrected chi connectivity index (χ0v) is 15.9. The first-order valence-corrected chi connectivity index (χ1v) is 9.48. The quantitative estimate of drug-likeness (QED) is 0.474. The van der Waals surface area contributed by atoms with Gasteiger partial charge in [-0.3, -0.25) is 9.36 Å².